The molecule has 0 radical (unpaired) electrons. The van der Waals surface area contributed by atoms with Gasteiger partial charge in [0, 0.05) is 17.4 Å². The van der Waals surface area contributed by atoms with Crippen molar-refractivity contribution in [1.29, 1.82) is 0 Å². The van der Waals surface area contributed by atoms with Crippen LogP contribution in [-0.2, 0) is 6.42 Å². The molecule has 0 aliphatic heterocycles. The summed E-state index contributed by atoms with van der Waals surface area (Å²) in [5, 5.41) is 2.89. The van der Waals surface area contributed by atoms with Crippen molar-refractivity contribution in [3.8, 4) is 5.75 Å². The van der Waals surface area contributed by atoms with Gasteiger partial charge < -0.3 is 15.0 Å². The predicted octanol–water partition coefficient (Wildman–Crippen LogP) is 5.50. The van der Waals surface area contributed by atoms with Gasteiger partial charge in [-0.25, -0.2) is 4.98 Å². The molecule has 186 valence electrons. The molecular formula is C25H26F3N3O3S. The number of thioether (sulfide) groups is 1. The summed E-state index contributed by atoms with van der Waals surface area (Å²) in [6.45, 7) is 5.70. The van der Waals surface area contributed by atoms with E-state index in [1.165, 1.54) is 12.1 Å². The number of hydrogen-bond acceptors (Lipinski definition) is 5. The third-order valence-electron chi connectivity index (χ3n) is 5.14. The smallest absolute Gasteiger partial charge is 0.446 e. The minimum Gasteiger partial charge on any atom is -0.497 e. The molecule has 35 heavy (non-hydrogen) atoms. The number of benzene rings is 2. The topological polar surface area (TPSA) is 84.1 Å². The normalized spacial score (nSPS) is 12.8. The highest BCUT2D eigenvalue weighted by atomic mass is 32.2. The lowest BCUT2D eigenvalue weighted by molar-refractivity contribution is -0.0328. The largest absolute Gasteiger partial charge is 0.497 e. The Labute approximate surface area is 205 Å². The molecule has 1 aromatic heterocycles. The second-order valence-corrected chi connectivity index (χ2v) is 10.1. The Bertz CT molecular complexity index is 1220. The number of H-pyrrole nitrogens is 1. The van der Waals surface area contributed by atoms with Crippen LogP contribution < -0.4 is 15.6 Å². The number of carbonyl (C=O) groups is 1. The number of nitrogens with zero attached hydrogens (tertiary/aromatic N) is 1. The van der Waals surface area contributed by atoms with Crippen molar-refractivity contribution in [2.24, 2.45) is 5.41 Å². The van der Waals surface area contributed by atoms with Crippen molar-refractivity contribution in [1.82, 2.24) is 15.3 Å². The molecule has 3 aromatic rings. The molecule has 6 nitrogen and oxygen atoms in total. The standard InChI is InChI=1S/C25H26F3N3O3S/c1-24(2,3)22(16-7-11-18(12-8-16)35-25(26,27)28)31-23(33)19-14-21(32)30-20(29-19)13-15-5-9-17(34-4)10-6-15/h5-12,14,22H,13H2,1-4H3,(H,31,33)(H,29,30,32)/t22-/m0/s1. The van der Waals surface area contributed by atoms with E-state index in [4.69, 9.17) is 4.74 Å². The summed E-state index contributed by atoms with van der Waals surface area (Å²) in [6.07, 6.45) is 0.307. The fourth-order valence-electron chi connectivity index (χ4n) is 3.51. The summed E-state index contributed by atoms with van der Waals surface area (Å²) in [5.74, 6) is 0.469. The van der Waals surface area contributed by atoms with Crippen LogP contribution in [0.4, 0.5) is 13.2 Å². The molecule has 1 atom stereocenters. The predicted molar refractivity (Wildman–Crippen MR) is 129 cm³/mol. The van der Waals surface area contributed by atoms with Gasteiger partial charge in [-0.05, 0) is 52.6 Å². The van der Waals surface area contributed by atoms with Crippen molar-refractivity contribution in [3.63, 3.8) is 0 Å². The molecule has 0 spiro atoms. The van der Waals surface area contributed by atoms with Crippen LogP contribution >= 0.6 is 11.8 Å². The van der Waals surface area contributed by atoms with Crippen molar-refractivity contribution in [3.05, 3.63) is 87.6 Å². The number of carbonyl (C=O) groups excluding carboxylic acids is 1. The molecule has 0 unspecified atom stereocenters. The van der Waals surface area contributed by atoms with Gasteiger partial charge in [0.2, 0.25) is 0 Å². The number of hydrogen-bond donors (Lipinski definition) is 2. The average molecular weight is 506 g/mol. The number of aromatic amines is 1. The van der Waals surface area contributed by atoms with Gasteiger partial charge >= 0.3 is 5.51 Å². The minimum absolute atomic E-state index is 0.0456. The van der Waals surface area contributed by atoms with E-state index < -0.39 is 28.4 Å². The van der Waals surface area contributed by atoms with Crippen LogP contribution in [0.5, 0.6) is 5.75 Å². The molecule has 2 aromatic carbocycles. The molecule has 2 N–H and O–H groups in total. The summed E-state index contributed by atoms with van der Waals surface area (Å²) in [6, 6.07) is 13.7. The summed E-state index contributed by atoms with van der Waals surface area (Å²) in [4.78, 5) is 32.3. The number of halogens is 3. The molecule has 1 heterocycles. The number of ether oxygens (including phenoxy) is 1. The number of amides is 1. The SMILES string of the molecule is COc1ccc(Cc2nc(C(=O)N[C@@H](c3ccc(SC(F)(F)F)cc3)C(C)(C)C)cc(=O)[nH]2)cc1. The first-order chi connectivity index (χ1) is 16.3. The van der Waals surface area contributed by atoms with Gasteiger partial charge in [-0.1, -0.05) is 45.0 Å². The van der Waals surface area contributed by atoms with Gasteiger partial charge in [-0.2, -0.15) is 13.2 Å². The molecule has 3 rings (SSSR count). The fraction of sp³-hybridized carbons (Fsp3) is 0.320. The maximum Gasteiger partial charge on any atom is 0.446 e. The van der Waals surface area contributed by atoms with E-state index in [0.717, 1.165) is 11.6 Å². The third-order valence-corrected chi connectivity index (χ3v) is 5.88. The van der Waals surface area contributed by atoms with E-state index in [2.05, 4.69) is 15.3 Å². The first-order valence-corrected chi connectivity index (χ1v) is 11.6. The highest BCUT2D eigenvalue weighted by molar-refractivity contribution is 8.00. The summed E-state index contributed by atoms with van der Waals surface area (Å²) in [7, 11) is 1.57. The molecule has 0 saturated heterocycles. The van der Waals surface area contributed by atoms with Gasteiger partial charge in [0.05, 0.1) is 13.2 Å². The van der Waals surface area contributed by atoms with E-state index in [1.807, 2.05) is 32.9 Å². The molecule has 0 fully saturated rings. The van der Waals surface area contributed by atoms with Gasteiger partial charge in [0.1, 0.15) is 17.3 Å². The highest BCUT2D eigenvalue weighted by Gasteiger charge is 2.31. The van der Waals surface area contributed by atoms with Crippen LogP contribution in [0.15, 0.2) is 64.3 Å². The fourth-order valence-corrected chi connectivity index (χ4v) is 4.05. The Kier molecular flexibility index (Phi) is 7.94. The first-order valence-electron chi connectivity index (χ1n) is 10.7. The quantitative estimate of drug-likeness (QED) is 0.415. The van der Waals surface area contributed by atoms with Crippen LogP contribution in [0.2, 0.25) is 0 Å². The van der Waals surface area contributed by atoms with Gasteiger partial charge in [0.15, 0.2) is 0 Å². The van der Waals surface area contributed by atoms with Gasteiger partial charge in [-0.3, -0.25) is 9.59 Å². The van der Waals surface area contributed by atoms with Crippen LogP contribution in [0, 0.1) is 5.41 Å². The molecule has 0 aliphatic carbocycles. The van der Waals surface area contributed by atoms with E-state index in [-0.39, 0.29) is 22.4 Å². The number of aromatic nitrogens is 2. The average Bonchev–Trinajstić information content (AvgIpc) is 2.76. The lowest BCUT2D eigenvalue weighted by atomic mass is 9.82. The van der Waals surface area contributed by atoms with Crippen molar-refractivity contribution in [2.45, 2.75) is 43.6 Å². The Morgan fingerprint density at radius 3 is 2.26 bits per heavy atom. The summed E-state index contributed by atoms with van der Waals surface area (Å²) in [5.41, 5.74) is -3.85. The van der Waals surface area contributed by atoms with Crippen molar-refractivity contribution in [2.75, 3.05) is 7.11 Å². The Morgan fingerprint density at radius 2 is 1.71 bits per heavy atom. The van der Waals surface area contributed by atoms with E-state index >= 15 is 0 Å². The van der Waals surface area contributed by atoms with Crippen molar-refractivity contribution >= 4 is 17.7 Å². The lowest BCUT2D eigenvalue weighted by Gasteiger charge is -2.32. The molecule has 0 saturated carbocycles. The Morgan fingerprint density at radius 1 is 1.09 bits per heavy atom. The van der Waals surface area contributed by atoms with Gasteiger partial charge in [-0.15, -0.1) is 0 Å². The van der Waals surface area contributed by atoms with Crippen LogP contribution in [-0.4, -0.2) is 28.5 Å². The van der Waals surface area contributed by atoms with Crippen LogP contribution in [0.3, 0.4) is 0 Å². The molecule has 10 heteroatoms. The summed E-state index contributed by atoms with van der Waals surface area (Å²) >= 11 is -0.197. The lowest BCUT2D eigenvalue weighted by Crippen LogP contribution is -2.37. The monoisotopic (exact) mass is 505 g/mol. The maximum absolute atomic E-state index is 13.1. The van der Waals surface area contributed by atoms with Crippen LogP contribution in [0.25, 0.3) is 0 Å². The second kappa shape index (κ2) is 10.6. The zero-order valence-corrected chi connectivity index (χ0v) is 20.5. The van der Waals surface area contributed by atoms with Crippen LogP contribution in [0.1, 0.15) is 54.3 Å². The molecule has 0 aliphatic rings. The van der Waals surface area contributed by atoms with E-state index in [0.29, 0.717) is 23.6 Å². The molecule has 0 bridgehead atoms. The number of nitrogens with one attached hydrogen (secondary N) is 2. The number of methoxy groups -OCH3 is 1. The van der Waals surface area contributed by atoms with Gasteiger partial charge in [0.25, 0.3) is 11.5 Å². The number of alkyl halides is 3. The maximum atomic E-state index is 13.1. The molecular weight excluding hydrogens is 479 g/mol. The van der Waals surface area contributed by atoms with E-state index in [1.54, 1.807) is 31.4 Å². The Balaban J connectivity index is 1.81. The highest BCUT2D eigenvalue weighted by Crippen LogP contribution is 2.38. The number of rotatable bonds is 7. The van der Waals surface area contributed by atoms with Crippen molar-refractivity contribution < 1.29 is 22.7 Å². The first kappa shape index (κ1) is 26.3. The Hall–Kier alpha value is -3.27. The summed E-state index contributed by atoms with van der Waals surface area (Å²) < 4.78 is 43.1. The van der Waals surface area contributed by atoms with E-state index in [9.17, 15) is 22.8 Å². The molecule has 1 amide bonds. The second-order valence-electron chi connectivity index (χ2n) is 8.99. The minimum atomic E-state index is -4.38. The zero-order chi connectivity index (χ0) is 25.8. The third kappa shape index (κ3) is 7.61. The zero-order valence-electron chi connectivity index (χ0n) is 19.7.